The molecule has 3 rings (SSSR count). The molecular weight excluding hydrogens is 284 g/mol. The minimum absolute atomic E-state index is 0.137. The summed E-state index contributed by atoms with van der Waals surface area (Å²) < 4.78 is 0. The van der Waals surface area contributed by atoms with Gasteiger partial charge in [-0.15, -0.1) is 0 Å². The fourth-order valence-corrected chi connectivity index (χ4v) is 4.49. The highest BCUT2D eigenvalue weighted by molar-refractivity contribution is 5.80. The van der Waals surface area contributed by atoms with E-state index < -0.39 is 0 Å². The number of hydrogen-bond acceptors (Lipinski definition) is 2. The SMILES string of the molecule is CCN(C)[C@H]1CN(C(=O)Cc2ccccc2)C2(CCCCC2)C1. The van der Waals surface area contributed by atoms with Crippen LogP contribution in [0.2, 0.25) is 0 Å². The average molecular weight is 314 g/mol. The number of likely N-dealkylation sites (N-methyl/N-ethyl adjacent to an activating group) is 1. The largest absolute Gasteiger partial charge is 0.335 e. The van der Waals surface area contributed by atoms with Crippen LogP contribution in [0.4, 0.5) is 0 Å². The van der Waals surface area contributed by atoms with Gasteiger partial charge in [0.2, 0.25) is 5.91 Å². The lowest BCUT2D eigenvalue weighted by molar-refractivity contribution is -0.135. The molecule has 1 spiro atoms. The van der Waals surface area contributed by atoms with Gasteiger partial charge in [-0.25, -0.2) is 0 Å². The molecule has 1 saturated carbocycles. The van der Waals surface area contributed by atoms with Crippen molar-refractivity contribution in [2.24, 2.45) is 0 Å². The van der Waals surface area contributed by atoms with Crippen LogP contribution >= 0.6 is 0 Å². The number of benzene rings is 1. The number of hydrogen-bond donors (Lipinski definition) is 0. The molecule has 0 radical (unpaired) electrons. The van der Waals surface area contributed by atoms with Gasteiger partial charge in [0.1, 0.15) is 0 Å². The Kier molecular flexibility index (Phi) is 5.05. The van der Waals surface area contributed by atoms with Crippen molar-refractivity contribution in [1.82, 2.24) is 9.80 Å². The third-order valence-electron chi connectivity index (χ3n) is 5.99. The summed E-state index contributed by atoms with van der Waals surface area (Å²) in [5.41, 5.74) is 1.27. The van der Waals surface area contributed by atoms with Gasteiger partial charge in [0.05, 0.1) is 6.42 Å². The van der Waals surface area contributed by atoms with Gasteiger partial charge in [-0.3, -0.25) is 4.79 Å². The van der Waals surface area contributed by atoms with E-state index in [1.54, 1.807) is 0 Å². The molecule has 0 unspecified atom stereocenters. The van der Waals surface area contributed by atoms with Gasteiger partial charge in [0.25, 0.3) is 0 Å². The van der Waals surface area contributed by atoms with Crippen LogP contribution in [0.25, 0.3) is 0 Å². The first-order chi connectivity index (χ1) is 11.1. The van der Waals surface area contributed by atoms with Gasteiger partial charge >= 0.3 is 0 Å². The molecule has 2 fully saturated rings. The molecule has 1 aromatic rings. The van der Waals surface area contributed by atoms with E-state index in [-0.39, 0.29) is 5.54 Å². The van der Waals surface area contributed by atoms with Crippen LogP contribution < -0.4 is 0 Å². The van der Waals surface area contributed by atoms with E-state index in [1.165, 1.54) is 32.1 Å². The zero-order valence-electron chi connectivity index (χ0n) is 14.6. The maximum absolute atomic E-state index is 13.1. The monoisotopic (exact) mass is 314 g/mol. The number of carbonyl (C=O) groups is 1. The number of rotatable bonds is 4. The second-order valence-corrected chi connectivity index (χ2v) is 7.38. The van der Waals surface area contributed by atoms with Crippen molar-refractivity contribution >= 4 is 5.91 Å². The summed E-state index contributed by atoms with van der Waals surface area (Å²) >= 11 is 0. The lowest BCUT2D eigenvalue weighted by Crippen LogP contribution is -2.49. The molecule has 23 heavy (non-hydrogen) atoms. The second-order valence-electron chi connectivity index (χ2n) is 7.38. The van der Waals surface area contributed by atoms with Gasteiger partial charge < -0.3 is 9.80 Å². The van der Waals surface area contributed by atoms with Crippen molar-refractivity contribution in [2.75, 3.05) is 20.1 Å². The minimum atomic E-state index is 0.137. The first kappa shape index (κ1) is 16.5. The normalized spacial score (nSPS) is 23.6. The Morgan fingerprint density at radius 1 is 1.22 bits per heavy atom. The Morgan fingerprint density at radius 2 is 1.91 bits per heavy atom. The van der Waals surface area contributed by atoms with Crippen LogP contribution in [0, 0.1) is 0 Å². The summed E-state index contributed by atoms with van der Waals surface area (Å²) in [7, 11) is 2.20. The van der Waals surface area contributed by atoms with Crippen LogP contribution in [-0.4, -0.2) is 47.4 Å². The molecule has 0 bridgehead atoms. The third-order valence-corrected chi connectivity index (χ3v) is 5.99. The quantitative estimate of drug-likeness (QED) is 0.849. The van der Waals surface area contributed by atoms with Crippen LogP contribution in [-0.2, 0) is 11.2 Å². The molecule has 126 valence electrons. The standard InChI is InChI=1S/C20H30N2O/c1-3-21(2)18-15-20(12-8-5-9-13-20)22(16-18)19(23)14-17-10-6-4-7-11-17/h4,6-7,10-11,18H,3,5,8-9,12-16H2,1-2H3/t18-/m1/s1. The van der Waals surface area contributed by atoms with Gasteiger partial charge in [0.15, 0.2) is 0 Å². The lowest BCUT2D eigenvalue weighted by atomic mass is 9.79. The fraction of sp³-hybridized carbons (Fsp3) is 0.650. The van der Waals surface area contributed by atoms with E-state index in [2.05, 4.69) is 35.9 Å². The molecular formula is C20H30N2O. The lowest BCUT2D eigenvalue weighted by Gasteiger charge is -2.41. The van der Waals surface area contributed by atoms with Crippen molar-refractivity contribution in [3.8, 4) is 0 Å². The van der Waals surface area contributed by atoms with Gasteiger partial charge in [-0.05, 0) is 38.4 Å². The molecule has 0 aromatic heterocycles. The summed E-state index contributed by atoms with van der Waals surface area (Å²) in [6, 6.07) is 10.7. The Balaban J connectivity index is 1.77. The molecule has 1 aliphatic heterocycles. The number of nitrogens with zero attached hydrogens (tertiary/aromatic N) is 2. The number of amides is 1. The van der Waals surface area contributed by atoms with Crippen LogP contribution in [0.5, 0.6) is 0 Å². The van der Waals surface area contributed by atoms with E-state index in [1.807, 2.05) is 18.2 Å². The molecule has 0 N–H and O–H groups in total. The van der Waals surface area contributed by atoms with Crippen molar-refractivity contribution in [3.63, 3.8) is 0 Å². The predicted molar refractivity (Wildman–Crippen MR) is 94.4 cm³/mol. The third kappa shape index (κ3) is 3.45. The summed E-state index contributed by atoms with van der Waals surface area (Å²) in [4.78, 5) is 17.7. The van der Waals surface area contributed by atoms with Crippen molar-refractivity contribution in [1.29, 1.82) is 0 Å². The average Bonchev–Trinajstić information content (AvgIpc) is 2.94. The maximum Gasteiger partial charge on any atom is 0.227 e. The molecule has 1 aromatic carbocycles. The zero-order chi connectivity index (χ0) is 16.3. The van der Waals surface area contributed by atoms with E-state index in [0.29, 0.717) is 18.4 Å². The predicted octanol–water partition coefficient (Wildman–Crippen LogP) is 3.48. The van der Waals surface area contributed by atoms with Crippen LogP contribution in [0.1, 0.15) is 51.0 Å². The first-order valence-electron chi connectivity index (χ1n) is 9.19. The molecule has 3 nitrogen and oxygen atoms in total. The highest BCUT2D eigenvalue weighted by atomic mass is 16.2. The molecule has 1 heterocycles. The Labute approximate surface area is 140 Å². The molecule has 1 atom stereocenters. The van der Waals surface area contributed by atoms with E-state index in [9.17, 15) is 4.79 Å². The van der Waals surface area contributed by atoms with Gasteiger partial charge in [0, 0.05) is 18.1 Å². The molecule has 3 heteroatoms. The van der Waals surface area contributed by atoms with Crippen LogP contribution in [0.3, 0.4) is 0 Å². The van der Waals surface area contributed by atoms with Gasteiger partial charge in [-0.2, -0.15) is 0 Å². The smallest absolute Gasteiger partial charge is 0.227 e. The summed E-state index contributed by atoms with van der Waals surface area (Å²) in [5, 5.41) is 0. The van der Waals surface area contributed by atoms with E-state index >= 15 is 0 Å². The second kappa shape index (κ2) is 7.04. The molecule has 2 aliphatic rings. The summed E-state index contributed by atoms with van der Waals surface area (Å²) in [6.07, 6.45) is 7.98. The maximum atomic E-state index is 13.1. The Morgan fingerprint density at radius 3 is 2.57 bits per heavy atom. The minimum Gasteiger partial charge on any atom is -0.335 e. The summed E-state index contributed by atoms with van der Waals surface area (Å²) in [6.45, 7) is 4.18. The molecule has 1 saturated heterocycles. The Hall–Kier alpha value is -1.35. The summed E-state index contributed by atoms with van der Waals surface area (Å²) in [5.74, 6) is 0.324. The van der Waals surface area contributed by atoms with Crippen molar-refractivity contribution in [2.45, 2.75) is 63.5 Å². The number of carbonyl (C=O) groups excluding carboxylic acids is 1. The molecule has 1 aliphatic carbocycles. The van der Waals surface area contributed by atoms with Crippen molar-refractivity contribution in [3.05, 3.63) is 35.9 Å². The first-order valence-corrected chi connectivity index (χ1v) is 9.19. The number of likely N-dealkylation sites (tertiary alicyclic amines) is 1. The highest BCUT2D eigenvalue weighted by Gasteiger charge is 2.48. The van der Waals surface area contributed by atoms with E-state index in [4.69, 9.17) is 0 Å². The zero-order valence-corrected chi connectivity index (χ0v) is 14.6. The highest BCUT2D eigenvalue weighted by Crippen LogP contribution is 2.43. The fourth-order valence-electron chi connectivity index (χ4n) is 4.49. The van der Waals surface area contributed by atoms with Gasteiger partial charge in [-0.1, -0.05) is 56.5 Å². The topological polar surface area (TPSA) is 23.6 Å². The van der Waals surface area contributed by atoms with E-state index in [0.717, 1.165) is 25.1 Å². The molecule has 1 amide bonds. The Bertz CT molecular complexity index is 522. The van der Waals surface area contributed by atoms with Crippen molar-refractivity contribution < 1.29 is 4.79 Å². The van der Waals surface area contributed by atoms with Crippen LogP contribution in [0.15, 0.2) is 30.3 Å².